The van der Waals surface area contributed by atoms with Gasteiger partial charge < -0.3 is 16.0 Å². The predicted molar refractivity (Wildman–Crippen MR) is 79.6 cm³/mol. The van der Waals surface area contributed by atoms with Crippen molar-refractivity contribution < 1.29 is 9.59 Å². The van der Waals surface area contributed by atoms with Gasteiger partial charge in [-0.25, -0.2) is 0 Å². The number of rotatable bonds is 3. The summed E-state index contributed by atoms with van der Waals surface area (Å²) in [6.45, 7) is 5.49. The molecule has 110 valence electrons. The van der Waals surface area contributed by atoms with Crippen LogP contribution in [0.25, 0.3) is 0 Å². The molecule has 1 aromatic heterocycles. The van der Waals surface area contributed by atoms with Crippen molar-refractivity contribution in [2.24, 2.45) is 11.1 Å². The lowest BCUT2D eigenvalue weighted by Crippen LogP contribution is -2.55. The molecule has 1 unspecified atom stereocenters. The molecule has 1 atom stereocenters. The number of thiophene rings is 1. The zero-order valence-corrected chi connectivity index (χ0v) is 12.7. The van der Waals surface area contributed by atoms with E-state index < -0.39 is 0 Å². The summed E-state index contributed by atoms with van der Waals surface area (Å²) in [5, 5.41) is 4.51. The molecule has 0 saturated carbocycles. The lowest BCUT2D eigenvalue weighted by atomic mass is 9.79. The van der Waals surface area contributed by atoms with Crippen LogP contribution in [0.15, 0.2) is 17.5 Å². The van der Waals surface area contributed by atoms with E-state index in [-0.39, 0.29) is 29.8 Å². The third kappa shape index (κ3) is 3.37. The molecule has 1 saturated heterocycles. The molecule has 1 fully saturated rings. The number of hydrogen-bond donors (Lipinski definition) is 2. The Hall–Kier alpha value is -1.40. The van der Waals surface area contributed by atoms with Crippen LogP contribution in [0.5, 0.6) is 0 Å². The van der Waals surface area contributed by atoms with Crippen molar-refractivity contribution in [2.75, 3.05) is 19.6 Å². The molecule has 20 heavy (non-hydrogen) atoms. The van der Waals surface area contributed by atoms with E-state index in [1.165, 1.54) is 11.3 Å². The lowest BCUT2D eigenvalue weighted by Gasteiger charge is -2.42. The Morgan fingerprint density at radius 3 is 2.90 bits per heavy atom. The molecule has 6 heteroatoms. The van der Waals surface area contributed by atoms with Crippen LogP contribution in [0.4, 0.5) is 0 Å². The monoisotopic (exact) mass is 295 g/mol. The molecule has 2 rings (SSSR count). The topological polar surface area (TPSA) is 75.4 Å². The van der Waals surface area contributed by atoms with Crippen LogP contribution in [0.2, 0.25) is 0 Å². The van der Waals surface area contributed by atoms with E-state index in [9.17, 15) is 9.59 Å². The highest BCUT2D eigenvalue weighted by Gasteiger charge is 2.35. The van der Waals surface area contributed by atoms with Gasteiger partial charge in [-0.2, -0.15) is 0 Å². The number of carbonyl (C=O) groups is 2. The van der Waals surface area contributed by atoms with Crippen LogP contribution >= 0.6 is 11.3 Å². The summed E-state index contributed by atoms with van der Waals surface area (Å²) in [5.74, 6) is -0.240. The Kier molecular flexibility index (Phi) is 4.45. The second kappa shape index (κ2) is 5.93. The third-order valence-electron chi connectivity index (χ3n) is 3.81. The number of nitrogens with two attached hydrogens (primary N) is 1. The van der Waals surface area contributed by atoms with E-state index in [2.05, 4.69) is 19.2 Å². The van der Waals surface area contributed by atoms with Gasteiger partial charge in [0.05, 0.1) is 11.4 Å². The van der Waals surface area contributed by atoms with Gasteiger partial charge in [-0.05, 0) is 23.3 Å². The summed E-state index contributed by atoms with van der Waals surface area (Å²) in [5.41, 5.74) is 5.98. The summed E-state index contributed by atoms with van der Waals surface area (Å²) in [6.07, 6.45) is 0.803. The van der Waals surface area contributed by atoms with Gasteiger partial charge in [0, 0.05) is 19.1 Å². The molecule has 0 aliphatic carbocycles. The average Bonchev–Trinajstić information content (AvgIpc) is 2.92. The zero-order chi connectivity index (χ0) is 14.8. The minimum atomic E-state index is -0.193. The van der Waals surface area contributed by atoms with Crippen molar-refractivity contribution in [2.45, 2.75) is 26.3 Å². The Morgan fingerprint density at radius 1 is 1.55 bits per heavy atom. The Balaban J connectivity index is 1.85. The number of nitrogens with one attached hydrogen (secondary N) is 1. The van der Waals surface area contributed by atoms with Crippen molar-refractivity contribution in [1.82, 2.24) is 10.2 Å². The highest BCUT2D eigenvalue weighted by molar-refractivity contribution is 7.12. The van der Waals surface area contributed by atoms with Gasteiger partial charge in [-0.1, -0.05) is 19.9 Å². The molecule has 1 aromatic rings. The van der Waals surface area contributed by atoms with Gasteiger partial charge in [0.15, 0.2) is 0 Å². The van der Waals surface area contributed by atoms with Crippen LogP contribution in [-0.4, -0.2) is 42.4 Å². The maximum Gasteiger partial charge on any atom is 0.261 e. The van der Waals surface area contributed by atoms with Gasteiger partial charge in [-0.3, -0.25) is 9.59 Å². The fourth-order valence-corrected chi connectivity index (χ4v) is 2.99. The van der Waals surface area contributed by atoms with Gasteiger partial charge >= 0.3 is 0 Å². The molecule has 1 aliphatic heterocycles. The Morgan fingerprint density at radius 2 is 2.30 bits per heavy atom. The molecule has 2 heterocycles. The fourth-order valence-electron chi connectivity index (χ4n) is 2.35. The Bertz CT molecular complexity index is 485. The molecule has 5 nitrogen and oxygen atoms in total. The maximum absolute atomic E-state index is 12.1. The summed E-state index contributed by atoms with van der Waals surface area (Å²) >= 11 is 1.36. The van der Waals surface area contributed by atoms with E-state index in [1.54, 1.807) is 11.0 Å². The normalized spacial score (nSPS) is 21.6. The second-order valence-electron chi connectivity index (χ2n) is 5.86. The van der Waals surface area contributed by atoms with Gasteiger partial charge in [-0.15, -0.1) is 11.3 Å². The highest BCUT2D eigenvalue weighted by Crippen LogP contribution is 2.27. The van der Waals surface area contributed by atoms with Gasteiger partial charge in [0.1, 0.15) is 0 Å². The lowest BCUT2D eigenvalue weighted by molar-refractivity contribution is -0.133. The van der Waals surface area contributed by atoms with E-state index in [4.69, 9.17) is 5.73 Å². The van der Waals surface area contributed by atoms with Crippen molar-refractivity contribution in [1.29, 1.82) is 0 Å². The quantitative estimate of drug-likeness (QED) is 0.875. The SMILES string of the molecule is CC1(C)CN(C(=O)CNC(=O)c2cccs2)CCC1N. The maximum atomic E-state index is 12.1. The van der Waals surface area contributed by atoms with Crippen molar-refractivity contribution >= 4 is 23.2 Å². The summed E-state index contributed by atoms with van der Waals surface area (Å²) in [6, 6.07) is 3.68. The van der Waals surface area contributed by atoms with Gasteiger partial charge in [0.25, 0.3) is 5.91 Å². The first-order valence-corrected chi connectivity index (χ1v) is 7.63. The number of carbonyl (C=O) groups excluding carboxylic acids is 2. The van der Waals surface area contributed by atoms with Crippen molar-refractivity contribution in [3.8, 4) is 0 Å². The summed E-state index contributed by atoms with van der Waals surface area (Å²) in [7, 11) is 0. The predicted octanol–water partition coefficient (Wildman–Crippen LogP) is 1.06. The number of piperidine rings is 1. The Labute approximate surface area is 123 Å². The highest BCUT2D eigenvalue weighted by atomic mass is 32.1. The molecule has 1 aliphatic rings. The molecule has 0 bridgehead atoms. The molecule has 3 N–H and O–H groups in total. The number of likely N-dealkylation sites (tertiary alicyclic amines) is 1. The van der Waals surface area contributed by atoms with Crippen molar-refractivity contribution in [3.63, 3.8) is 0 Å². The number of nitrogens with zero attached hydrogens (tertiary/aromatic N) is 1. The minimum absolute atomic E-state index is 0.0437. The molecule has 0 spiro atoms. The standard InChI is InChI=1S/C14H21N3O2S/c1-14(2)9-17(6-5-11(14)15)12(18)8-16-13(19)10-4-3-7-20-10/h3-4,7,11H,5-6,8-9,15H2,1-2H3,(H,16,19). The first-order valence-electron chi connectivity index (χ1n) is 6.75. The van der Waals surface area contributed by atoms with Crippen LogP contribution < -0.4 is 11.1 Å². The van der Waals surface area contributed by atoms with Crippen LogP contribution in [0.3, 0.4) is 0 Å². The summed E-state index contributed by atoms with van der Waals surface area (Å²) in [4.78, 5) is 26.3. The van der Waals surface area contributed by atoms with Crippen LogP contribution in [0, 0.1) is 5.41 Å². The van der Waals surface area contributed by atoms with E-state index in [1.807, 2.05) is 11.4 Å². The number of hydrogen-bond acceptors (Lipinski definition) is 4. The molecule has 2 amide bonds. The summed E-state index contributed by atoms with van der Waals surface area (Å²) < 4.78 is 0. The minimum Gasteiger partial charge on any atom is -0.342 e. The second-order valence-corrected chi connectivity index (χ2v) is 6.81. The third-order valence-corrected chi connectivity index (χ3v) is 4.68. The van der Waals surface area contributed by atoms with Crippen LogP contribution in [0.1, 0.15) is 29.9 Å². The number of amides is 2. The average molecular weight is 295 g/mol. The van der Waals surface area contributed by atoms with Crippen LogP contribution in [-0.2, 0) is 4.79 Å². The zero-order valence-electron chi connectivity index (χ0n) is 11.9. The fraction of sp³-hybridized carbons (Fsp3) is 0.571. The molecular formula is C14H21N3O2S. The molecule has 0 aromatic carbocycles. The van der Waals surface area contributed by atoms with Crippen molar-refractivity contribution in [3.05, 3.63) is 22.4 Å². The first kappa shape index (κ1) is 15.0. The molecular weight excluding hydrogens is 274 g/mol. The smallest absolute Gasteiger partial charge is 0.261 e. The van der Waals surface area contributed by atoms with E-state index in [0.29, 0.717) is 18.0 Å². The van der Waals surface area contributed by atoms with Gasteiger partial charge in [0.2, 0.25) is 5.91 Å². The first-order chi connectivity index (χ1) is 9.40. The molecule has 0 radical (unpaired) electrons. The largest absolute Gasteiger partial charge is 0.342 e. The van der Waals surface area contributed by atoms with E-state index >= 15 is 0 Å². The van der Waals surface area contributed by atoms with E-state index in [0.717, 1.165) is 6.42 Å².